The van der Waals surface area contributed by atoms with Crippen LogP contribution in [0, 0.1) is 25.7 Å². The second kappa shape index (κ2) is 6.66. The Morgan fingerprint density at radius 2 is 1.64 bits per heavy atom. The molecule has 0 aromatic heterocycles. The molecule has 2 amide bonds. The lowest BCUT2D eigenvalue weighted by molar-refractivity contribution is -0.137. The minimum atomic E-state index is -0.156. The van der Waals surface area contributed by atoms with Crippen molar-refractivity contribution in [1.82, 2.24) is 9.80 Å². The van der Waals surface area contributed by atoms with Crippen molar-refractivity contribution in [3.63, 3.8) is 0 Å². The summed E-state index contributed by atoms with van der Waals surface area (Å²) < 4.78 is 0. The molecule has 0 saturated carbocycles. The SMILES string of the molecule is CCN1C(=O)C(c2ccc(C)c(C)c2)=C(N2CC(C)CC(C)C2)C1=O. The molecule has 2 unspecified atom stereocenters. The molecular weight excluding hydrogens is 312 g/mol. The van der Waals surface area contributed by atoms with Crippen LogP contribution >= 0.6 is 0 Å². The first-order valence-corrected chi connectivity index (χ1v) is 9.26. The zero-order valence-electron chi connectivity index (χ0n) is 15.9. The zero-order valence-corrected chi connectivity index (χ0v) is 15.9. The van der Waals surface area contributed by atoms with Gasteiger partial charge in [0.2, 0.25) is 0 Å². The van der Waals surface area contributed by atoms with Gasteiger partial charge in [0, 0.05) is 19.6 Å². The molecule has 2 aliphatic heterocycles. The van der Waals surface area contributed by atoms with Gasteiger partial charge >= 0.3 is 0 Å². The van der Waals surface area contributed by atoms with Gasteiger partial charge in [0.15, 0.2) is 0 Å². The van der Waals surface area contributed by atoms with E-state index in [0.29, 0.717) is 29.7 Å². The zero-order chi connectivity index (χ0) is 18.3. The van der Waals surface area contributed by atoms with Gasteiger partial charge in [-0.25, -0.2) is 0 Å². The van der Waals surface area contributed by atoms with Gasteiger partial charge in [-0.2, -0.15) is 0 Å². The molecule has 3 rings (SSSR count). The smallest absolute Gasteiger partial charge is 0.277 e. The van der Waals surface area contributed by atoms with E-state index in [1.54, 1.807) is 0 Å². The summed E-state index contributed by atoms with van der Waals surface area (Å²) in [5, 5.41) is 0. The second-order valence-corrected chi connectivity index (χ2v) is 7.73. The number of amides is 2. The third kappa shape index (κ3) is 3.10. The molecule has 0 N–H and O–H groups in total. The minimum absolute atomic E-state index is 0.137. The molecule has 0 spiro atoms. The van der Waals surface area contributed by atoms with Gasteiger partial charge in [0.1, 0.15) is 5.70 Å². The molecule has 2 heterocycles. The maximum absolute atomic E-state index is 13.0. The fourth-order valence-electron chi connectivity index (χ4n) is 4.15. The summed E-state index contributed by atoms with van der Waals surface area (Å²) in [4.78, 5) is 29.5. The number of carbonyl (C=O) groups excluding carboxylic acids is 2. The van der Waals surface area contributed by atoms with E-state index < -0.39 is 0 Å². The highest BCUT2D eigenvalue weighted by Gasteiger charge is 2.42. The van der Waals surface area contributed by atoms with E-state index in [1.807, 2.05) is 32.0 Å². The lowest BCUT2D eigenvalue weighted by atomic mass is 9.90. The highest BCUT2D eigenvalue weighted by Crippen LogP contribution is 2.35. The molecule has 1 fully saturated rings. The number of piperidine rings is 1. The lowest BCUT2D eigenvalue weighted by Crippen LogP contribution is -2.41. The molecule has 0 radical (unpaired) electrons. The van der Waals surface area contributed by atoms with E-state index >= 15 is 0 Å². The first-order valence-electron chi connectivity index (χ1n) is 9.26. The van der Waals surface area contributed by atoms with Crippen molar-refractivity contribution in [2.24, 2.45) is 11.8 Å². The monoisotopic (exact) mass is 340 g/mol. The summed E-state index contributed by atoms with van der Waals surface area (Å²) in [6.07, 6.45) is 1.17. The molecule has 2 atom stereocenters. The molecular formula is C21H28N2O2. The fourth-order valence-corrected chi connectivity index (χ4v) is 4.15. The van der Waals surface area contributed by atoms with E-state index in [2.05, 4.69) is 25.7 Å². The third-order valence-electron chi connectivity index (χ3n) is 5.44. The molecule has 4 heteroatoms. The van der Waals surface area contributed by atoms with Crippen molar-refractivity contribution >= 4 is 17.4 Å². The van der Waals surface area contributed by atoms with Gasteiger partial charge in [-0.05, 0) is 55.7 Å². The van der Waals surface area contributed by atoms with Crippen LogP contribution in [0.15, 0.2) is 23.9 Å². The predicted octanol–water partition coefficient (Wildman–Crippen LogP) is 3.38. The summed E-state index contributed by atoms with van der Waals surface area (Å²) in [5.74, 6) is 0.755. The molecule has 25 heavy (non-hydrogen) atoms. The van der Waals surface area contributed by atoms with Crippen LogP contribution < -0.4 is 0 Å². The van der Waals surface area contributed by atoms with E-state index in [1.165, 1.54) is 16.9 Å². The van der Waals surface area contributed by atoms with E-state index in [4.69, 9.17) is 0 Å². The van der Waals surface area contributed by atoms with Crippen LogP contribution in [-0.2, 0) is 9.59 Å². The minimum Gasteiger partial charge on any atom is -0.366 e. The van der Waals surface area contributed by atoms with Crippen LogP contribution in [0.3, 0.4) is 0 Å². The number of imide groups is 1. The van der Waals surface area contributed by atoms with Gasteiger partial charge in [-0.15, -0.1) is 0 Å². The number of benzene rings is 1. The first kappa shape index (κ1) is 17.7. The summed E-state index contributed by atoms with van der Waals surface area (Å²) in [6.45, 7) is 12.5. The fraction of sp³-hybridized carbons (Fsp3) is 0.524. The molecule has 0 aliphatic carbocycles. The summed E-state index contributed by atoms with van der Waals surface area (Å²) >= 11 is 0. The summed E-state index contributed by atoms with van der Waals surface area (Å²) in [7, 11) is 0. The number of likely N-dealkylation sites (tertiary alicyclic amines) is 1. The number of carbonyl (C=O) groups is 2. The number of likely N-dealkylation sites (N-methyl/N-ethyl adjacent to an activating group) is 1. The van der Waals surface area contributed by atoms with Crippen LogP contribution in [0.2, 0.25) is 0 Å². The van der Waals surface area contributed by atoms with Gasteiger partial charge < -0.3 is 4.90 Å². The van der Waals surface area contributed by atoms with Gasteiger partial charge in [-0.3, -0.25) is 14.5 Å². The Morgan fingerprint density at radius 3 is 2.20 bits per heavy atom. The Balaban J connectivity index is 2.12. The molecule has 134 valence electrons. The number of rotatable bonds is 3. The first-order chi connectivity index (χ1) is 11.8. The Bertz CT molecular complexity index is 740. The molecule has 2 aliphatic rings. The number of nitrogens with zero attached hydrogens (tertiary/aromatic N) is 2. The van der Waals surface area contributed by atoms with Crippen LogP contribution in [0.25, 0.3) is 5.57 Å². The van der Waals surface area contributed by atoms with Crippen LogP contribution in [0.5, 0.6) is 0 Å². The Labute approximate surface area is 150 Å². The molecule has 1 aromatic rings. The van der Waals surface area contributed by atoms with Crippen LogP contribution in [0.4, 0.5) is 0 Å². The van der Waals surface area contributed by atoms with Gasteiger partial charge in [0.05, 0.1) is 5.57 Å². The van der Waals surface area contributed by atoms with Crippen LogP contribution in [0.1, 0.15) is 43.9 Å². The molecule has 4 nitrogen and oxygen atoms in total. The average Bonchev–Trinajstić information content (AvgIpc) is 2.79. The molecule has 0 bridgehead atoms. The maximum Gasteiger partial charge on any atom is 0.277 e. The van der Waals surface area contributed by atoms with Crippen LogP contribution in [-0.4, -0.2) is 41.2 Å². The summed E-state index contributed by atoms with van der Waals surface area (Å²) in [6, 6.07) is 6.04. The van der Waals surface area contributed by atoms with Crippen molar-refractivity contribution in [2.75, 3.05) is 19.6 Å². The third-order valence-corrected chi connectivity index (χ3v) is 5.44. The van der Waals surface area contributed by atoms with Crippen molar-refractivity contribution in [2.45, 2.75) is 41.0 Å². The second-order valence-electron chi connectivity index (χ2n) is 7.73. The molecule has 1 aromatic carbocycles. The predicted molar refractivity (Wildman–Crippen MR) is 99.7 cm³/mol. The standard InChI is InChI=1S/C21H28N2O2/c1-6-23-20(24)18(17-8-7-15(4)16(5)10-17)19(21(23)25)22-11-13(2)9-14(3)12-22/h7-8,10,13-14H,6,9,11-12H2,1-5H3. The van der Waals surface area contributed by atoms with Crippen molar-refractivity contribution in [3.05, 3.63) is 40.6 Å². The van der Waals surface area contributed by atoms with E-state index in [9.17, 15) is 9.59 Å². The molecule has 1 saturated heterocycles. The number of hydrogen-bond acceptors (Lipinski definition) is 3. The highest BCUT2D eigenvalue weighted by molar-refractivity contribution is 6.35. The number of hydrogen-bond donors (Lipinski definition) is 0. The topological polar surface area (TPSA) is 40.6 Å². The average molecular weight is 340 g/mol. The van der Waals surface area contributed by atoms with Crippen molar-refractivity contribution in [1.29, 1.82) is 0 Å². The van der Waals surface area contributed by atoms with Gasteiger partial charge in [-0.1, -0.05) is 32.0 Å². The Kier molecular flexibility index (Phi) is 4.72. The number of aryl methyl sites for hydroxylation is 2. The normalized spacial score (nSPS) is 24.5. The quantitative estimate of drug-likeness (QED) is 0.792. The van der Waals surface area contributed by atoms with E-state index in [-0.39, 0.29) is 11.8 Å². The lowest BCUT2D eigenvalue weighted by Gasteiger charge is -2.37. The van der Waals surface area contributed by atoms with E-state index in [0.717, 1.165) is 24.2 Å². The largest absolute Gasteiger partial charge is 0.366 e. The van der Waals surface area contributed by atoms with Crippen molar-refractivity contribution < 1.29 is 9.59 Å². The Hall–Kier alpha value is -2.10. The Morgan fingerprint density at radius 1 is 1.00 bits per heavy atom. The van der Waals surface area contributed by atoms with Gasteiger partial charge in [0.25, 0.3) is 11.8 Å². The highest BCUT2D eigenvalue weighted by atomic mass is 16.2. The maximum atomic E-state index is 13.0. The van der Waals surface area contributed by atoms with Crippen molar-refractivity contribution in [3.8, 4) is 0 Å². The summed E-state index contributed by atoms with van der Waals surface area (Å²) in [5.41, 5.74) is 4.37.